The fraction of sp³-hybridized carbons (Fsp3) is 1.00. The third-order valence-corrected chi connectivity index (χ3v) is 1.08. The van der Waals surface area contributed by atoms with Gasteiger partial charge in [-0.05, 0) is 13.5 Å². The summed E-state index contributed by atoms with van der Waals surface area (Å²) in [5, 5.41) is 2.81. The molecule has 0 aromatic rings. The molecule has 7 heavy (non-hydrogen) atoms. The molecule has 0 bridgehead atoms. The molecule has 1 saturated carbocycles. The van der Waals surface area contributed by atoms with Gasteiger partial charge in [0, 0.05) is 6.04 Å². The minimum absolute atomic E-state index is 0. The molecule has 0 heterocycles. The van der Waals surface area contributed by atoms with Gasteiger partial charge in [0.1, 0.15) is 6.17 Å². The summed E-state index contributed by atoms with van der Waals surface area (Å²) in [5.74, 6) is 0. The zero-order chi connectivity index (χ0) is 4.57. The lowest BCUT2D eigenvalue weighted by atomic mass is 10.7. The van der Waals surface area contributed by atoms with E-state index in [1.807, 2.05) is 0 Å². The maximum absolute atomic E-state index is 11.7. The molecular weight excluding hydrogens is 117 g/mol. The van der Waals surface area contributed by atoms with Gasteiger partial charge in [-0.2, -0.15) is 0 Å². The predicted octanol–water partition coefficient (Wildman–Crippen LogP) is 0.738. The topological polar surface area (TPSA) is 12.0 Å². The molecule has 1 rings (SSSR count). The molecule has 1 fully saturated rings. The molecule has 1 N–H and O–H groups in total. The summed E-state index contributed by atoms with van der Waals surface area (Å²) in [5.41, 5.74) is 0. The van der Waals surface area contributed by atoms with Crippen molar-refractivity contribution in [3.8, 4) is 0 Å². The van der Waals surface area contributed by atoms with Gasteiger partial charge in [0.2, 0.25) is 0 Å². The number of hydrogen-bond acceptors (Lipinski definition) is 1. The smallest absolute Gasteiger partial charge is 0.117 e. The number of alkyl halides is 1. The normalized spacial score (nSPS) is 36.9. The molecule has 2 atom stereocenters. The van der Waals surface area contributed by atoms with Crippen molar-refractivity contribution in [1.29, 1.82) is 0 Å². The quantitative estimate of drug-likeness (QED) is 0.545. The lowest BCUT2D eigenvalue weighted by Gasteiger charge is -1.82. The first-order chi connectivity index (χ1) is 2.84. The molecule has 0 aromatic heterocycles. The fourth-order valence-corrected chi connectivity index (χ4v) is 0.463. The molecule has 0 radical (unpaired) electrons. The van der Waals surface area contributed by atoms with Crippen molar-refractivity contribution in [1.82, 2.24) is 5.32 Å². The van der Waals surface area contributed by atoms with Crippen LogP contribution in [0, 0.1) is 0 Å². The van der Waals surface area contributed by atoms with Gasteiger partial charge in [0.05, 0.1) is 0 Å². The third kappa shape index (κ3) is 1.61. The molecule has 0 spiro atoms. The Balaban J connectivity index is 0.000000360. The van der Waals surface area contributed by atoms with Crippen molar-refractivity contribution in [3.05, 3.63) is 0 Å². The zero-order valence-electron chi connectivity index (χ0n) is 4.15. The lowest BCUT2D eigenvalue weighted by molar-refractivity contribution is 0.455. The Bertz CT molecular complexity index is 57.7. The highest BCUT2D eigenvalue weighted by Gasteiger charge is 2.35. The minimum Gasteiger partial charge on any atom is -0.314 e. The summed E-state index contributed by atoms with van der Waals surface area (Å²) in [6, 6.07) is 0.185. The van der Waals surface area contributed by atoms with Gasteiger partial charge in [-0.3, -0.25) is 0 Å². The van der Waals surface area contributed by atoms with Crippen LogP contribution >= 0.6 is 12.4 Å². The van der Waals surface area contributed by atoms with Crippen molar-refractivity contribution in [2.45, 2.75) is 18.6 Å². The van der Waals surface area contributed by atoms with E-state index in [1.165, 1.54) is 0 Å². The van der Waals surface area contributed by atoms with E-state index in [0.29, 0.717) is 0 Å². The molecule has 1 nitrogen and oxygen atoms in total. The molecule has 44 valence electrons. The molecule has 0 aliphatic heterocycles. The Labute approximate surface area is 48.7 Å². The van der Waals surface area contributed by atoms with Crippen LogP contribution in [-0.4, -0.2) is 19.3 Å². The summed E-state index contributed by atoms with van der Waals surface area (Å²) in [6.07, 6.45) is 0.172. The zero-order valence-corrected chi connectivity index (χ0v) is 4.96. The van der Waals surface area contributed by atoms with Gasteiger partial charge in [-0.25, -0.2) is 4.39 Å². The van der Waals surface area contributed by atoms with Crippen LogP contribution in [0.2, 0.25) is 0 Å². The lowest BCUT2D eigenvalue weighted by Crippen LogP contribution is -2.10. The van der Waals surface area contributed by atoms with Crippen molar-refractivity contribution >= 4 is 12.4 Å². The maximum Gasteiger partial charge on any atom is 0.117 e. The Kier molecular flexibility index (Phi) is 2.54. The average molecular weight is 126 g/mol. The minimum atomic E-state index is -0.546. The van der Waals surface area contributed by atoms with E-state index >= 15 is 0 Å². The van der Waals surface area contributed by atoms with Crippen molar-refractivity contribution < 1.29 is 4.39 Å². The van der Waals surface area contributed by atoms with Gasteiger partial charge in [0.25, 0.3) is 0 Å². The van der Waals surface area contributed by atoms with Crippen LogP contribution < -0.4 is 5.32 Å². The van der Waals surface area contributed by atoms with Crippen LogP contribution in [-0.2, 0) is 0 Å². The van der Waals surface area contributed by atoms with Crippen LogP contribution in [0.4, 0.5) is 4.39 Å². The van der Waals surface area contributed by atoms with E-state index in [4.69, 9.17) is 0 Å². The average Bonchev–Trinajstić information content (AvgIpc) is 2.19. The Hall–Kier alpha value is 0.180. The summed E-state index contributed by atoms with van der Waals surface area (Å²) in [6.45, 7) is 0. The number of hydrogen-bond donors (Lipinski definition) is 1. The maximum atomic E-state index is 11.7. The van der Waals surface area contributed by atoms with E-state index in [-0.39, 0.29) is 18.4 Å². The third-order valence-electron chi connectivity index (χ3n) is 1.08. The van der Waals surface area contributed by atoms with Crippen LogP contribution in [0.25, 0.3) is 0 Å². The summed E-state index contributed by atoms with van der Waals surface area (Å²) >= 11 is 0. The molecule has 0 saturated heterocycles. The van der Waals surface area contributed by atoms with Crippen molar-refractivity contribution in [2.75, 3.05) is 7.05 Å². The summed E-state index contributed by atoms with van der Waals surface area (Å²) in [4.78, 5) is 0. The molecule has 0 amide bonds. The van der Waals surface area contributed by atoms with Crippen LogP contribution in [0.15, 0.2) is 0 Å². The van der Waals surface area contributed by atoms with E-state index in [0.717, 1.165) is 6.42 Å². The highest BCUT2D eigenvalue weighted by Crippen LogP contribution is 2.23. The first kappa shape index (κ1) is 7.18. The number of nitrogens with one attached hydrogen (secondary N) is 1. The molecular formula is C4H9ClFN. The van der Waals surface area contributed by atoms with Crippen LogP contribution in [0.1, 0.15) is 6.42 Å². The predicted molar refractivity (Wildman–Crippen MR) is 29.6 cm³/mol. The van der Waals surface area contributed by atoms with Gasteiger partial charge in [-0.1, -0.05) is 0 Å². The molecule has 1 aliphatic carbocycles. The van der Waals surface area contributed by atoms with E-state index in [9.17, 15) is 4.39 Å². The van der Waals surface area contributed by atoms with Gasteiger partial charge >= 0.3 is 0 Å². The second kappa shape index (κ2) is 2.48. The second-order valence-electron chi connectivity index (χ2n) is 1.65. The van der Waals surface area contributed by atoms with Crippen LogP contribution in [0.5, 0.6) is 0 Å². The summed E-state index contributed by atoms with van der Waals surface area (Å²) < 4.78 is 11.7. The SMILES string of the molecule is CN[C@H]1C[C@H]1F.Cl. The Morgan fingerprint density at radius 1 is 1.71 bits per heavy atom. The highest BCUT2D eigenvalue weighted by atomic mass is 35.5. The van der Waals surface area contributed by atoms with Crippen LogP contribution in [0.3, 0.4) is 0 Å². The standard InChI is InChI=1S/C4H8FN.ClH/c1-6-4-2-3(4)5;/h3-4,6H,2H2,1H3;1H/t3-,4+;/m1./s1. The largest absolute Gasteiger partial charge is 0.314 e. The van der Waals surface area contributed by atoms with E-state index in [2.05, 4.69) is 5.32 Å². The number of rotatable bonds is 1. The summed E-state index contributed by atoms with van der Waals surface area (Å²) in [7, 11) is 1.78. The van der Waals surface area contributed by atoms with Crippen molar-refractivity contribution in [2.24, 2.45) is 0 Å². The number of halogens is 2. The van der Waals surface area contributed by atoms with Gasteiger partial charge in [0.15, 0.2) is 0 Å². The first-order valence-electron chi connectivity index (χ1n) is 2.16. The first-order valence-corrected chi connectivity index (χ1v) is 2.16. The Morgan fingerprint density at radius 3 is 2.14 bits per heavy atom. The second-order valence-corrected chi connectivity index (χ2v) is 1.65. The monoisotopic (exact) mass is 125 g/mol. The highest BCUT2D eigenvalue weighted by molar-refractivity contribution is 5.85. The van der Waals surface area contributed by atoms with Crippen molar-refractivity contribution in [3.63, 3.8) is 0 Å². The fourth-order valence-electron chi connectivity index (χ4n) is 0.463. The Morgan fingerprint density at radius 2 is 2.14 bits per heavy atom. The van der Waals surface area contributed by atoms with Gasteiger partial charge in [-0.15, -0.1) is 12.4 Å². The molecule has 1 aliphatic rings. The molecule has 0 aromatic carbocycles. The molecule has 0 unspecified atom stereocenters. The molecule has 3 heteroatoms. The van der Waals surface area contributed by atoms with E-state index in [1.54, 1.807) is 7.05 Å². The van der Waals surface area contributed by atoms with E-state index < -0.39 is 6.17 Å². The van der Waals surface area contributed by atoms with Gasteiger partial charge < -0.3 is 5.32 Å².